The third kappa shape index (κ3) is 2.82. The Bertz CT molecular complexity index is 1260. The lowest BCUT2D eigenvalue weighted by molar-refractivity contribution is 0.103. The molecule has 29 heavy (non-hydrogen) atoms. The first-order chi connectivity index (χ1) is 14.3. The van der Waals surface area contributed by atoms with Crippen LogP contribution in [-0.2, 0) is 0 Å². The molecule has 1 aliphatic rings. The van der Waals surface area contributed by atoms with Gasteiger partial charge in [0.1, 0.15) is 0 Å². The summed E-state index contributed by atoms with van der Waals surface area (Å²) in [5.74, 6) is 0.0825. The molecule has 4 aromatic carbocycles. The number of hydrogen-bond acceptors (Lipinski definition) is 1. The van der Waals surface area contributed by atoms with Crippen LogP contribution < -0.4 is 0 Å². The highest BCUT2D eigenvalue weighted by Gasteiger charge is 2.30. The average molecular weight is 374 g/mol. The van der Waals surface area contributed by atoms with Crippen LogP contribution >= 0.6 is 0 Å². The maximum atomic E-state index is 13.6. The molecule has 0 aromatic heterocycles. The normalized spacial score (nSPS) is 13.5. The minimum absolute atomic E-state index is 0.0825. The van der Waals surface area contributed by atoms with Crippen molar-refractivity contribution in [1.82, 2.24) is 0 Å². The van der Waals surface area contributed by atoms with Crippen molar-refractivity contribution in [3.63, 3.8) is 0 Å². The molecule has 0 fully saturated rings. The van der Waals surface area contributed by atoms with Gasteiger partial charge in [-0.2, -0.15) is 0 Å². The van der Waals surface area contributed by atoms with Gasteiger partial charge in [0.15, 0.2) is 5.78 Å². The highest BCUT2D eigenvalue weighted by molar-refractivity contribution is 6.21. The van der Waals surface area contributed by atoms with E-state index in [0.717, 1.165) is 40.5 Å². The SMILES string of the molecule is CCC/C=C1\c2ccccc2-c2c(C(=O)c3ccccc3)cc3ccccc3c21. The fraction of sp³-hybridized carbons (Fsp3) is 0.107. The lowest BCUT2D eigenvalue weighted by atomic mass is 9.89. The smallest absolute Gasteiger partial charge is 0.193 e. The summed E-state index contributed by atoms with van der Waals surface area (Å²) in [6, 6.07) is 28.6. The molecule has 0 radical (unpaired) electrons. The van der Waals surface area contributed by atoms with Crippen LogP contribution in [0.15, 0.2) is 91.0 Å². The lowest BCUT2D eigenvalue weighted by Crippen LogP contribution is -2.04. The number of fused-ring (bicyclic) bond motifs is 5. The van der Waals surface area contributed by atoms with Gasteiger partial charge in [0, 0.05) is 16.7 Å². The zero-order chi connectivity index (χ0) is 19.8. The van der Waals surface area contributed by atoms with E-state index in [4.69, 9.17) is 0 Å². The monoisotopic (exact) mass is 374 g/mol. The number of hydrogen-bond donors (Lipinski definition) is 0. The molecule has 1 nitrogen and oxygen atoms in total. The van der Waals surface area contributed by atoms with Gasteiger partial charge in [-0.25, -0.2) is 0 Å². The Morgan fingerprint density at radius 2 is 1.48 bits per heavy atom. The second kappa shape index (κ2) is 7.18. The van der Waals surface area contributed by atoms with Gasteiger partial charge in [-0.05, 0) is 45.5 Å². The number of allylic oxidation sites excluding steroid dienone is 1. The Labute approximate surface area is 171 Å². The Hall–Kier alpha value is -3.45. The van der Waals surface area contributed by atoms with E-state index in [1.165, 1.54) is 22.1 Å². The topological polar surface area (TPSA) is 17.1 Å². The van der Waals surface area contributed by atoms with Crippen molar-refractivity contribution >= 4 is 22.1 Å². The third-order valence-electron chi connectivity index (χ3n) is 5.72. The van der Waals surface area contributed by atoms with E-state index < -0.39 is 0 Å². The second-order valence-electron chi connectivity index (χ2n) is 7.54. The third-order valence-corrected chi connectivity index (χ3v) is 5.72. The van der Waals surface area contributed by atoms with Gasteiger partial charge in [-0.1, -0.05) is 98.3 Å². The zero-order valence-corrected chi connectivity index (χ0v) is 16.5. The van der Waals surface area contributed by atoms with Gasteiger partial charge in [-0.3, -0.25) is 4.79 Å². The first-order valence-corrected chi connectivity index (χ1v) is 10.3. The molecule has 0 heterocycles. The summed E-state index contributed by atoms with van der Waals surface area (Å²) in [6.07, 6.45) is 4.46. The molecular formula is C28H22O. The summed E-state index contributed by atoms with van der Waals surface area (Å²) in [5, 5.41) is 2.33. The molecule has 140 valence electrons. The van der Waals surface area contributed by atoms with Crippen molar-refractivity contribution < 1.29 is 4.79 Å². The number of carbonyl (C=O) groups excluding carboxylic acids is 1. The summed E-state index contributed by atoms with van der Waals surface area (Å²) in [5.41, 5.74) is 7.46. The fourth-order valence-corrected chi connectivity index (χ4v) is 4.40. The molecule has 0 spiro atoms. The predicted molar refractivity (Wildman–Crippen MR) is 121 cm³/mol. The van der Waals surface area contributed by atoms with E-state index in [1.54, 1.807) is 0 Å². The Kier molecular flexibility index (Phi) is 4.37. The summed E-state index contributed by atoms with van der Waals surface area (Å²) >= 11 is 0. The standard InChI is InChI=1S/C28H22O/c1-2-3-14-23-22-16-9-10-17-24(22)27-25(28(29)19-11-5-4-6-12-19)18-20-13-7-8-15-21(20)26(23)27/h4-18H,2-3H2,1H3/b23-14+. The number of rotatable bonds is 4. The van der Waals surface area contributed by atoms with E-state index in [-0.39, 0.29) is 5.78 Å². The van der Waals surface area contributed by atoms with Crippen molar-refractivity contribution in [1.29, 1.82) is 0 Å². The number of benzene rings is 4. The minimum atomic E-state index is 0.0825. The maximum absolute atomic E-state index is 13.6. The Balaban J connectivity index is 1.88. The van der Waals surface area contributed by atoms with E-state index in [1.807, 2.05) is 36.4 Å². The fourth-order valence-electron chi connectivity index (χ4n) is 4.40. The molecule has 0 bridgehead atoms. The van der Waals surface area contributed by atoms with Crippen molar-refractivity contribution in [2.75, 3.05) is 0 Å². The molecule has 0 unspecified atom stereocenters. The minimum Gasteiger partial charge on any atom is -0.289 e. The van der Waals surface area contributed by atoms with Crippen LogP contribution in [0, 0.1) is 0 Å². The summed E-state index contributed by atoms with van der Waals surface area (Å²) < 4.78 is 0. The largest absolute Gasteiger partial charge is 0.289 e. The lowest BCUT2D eigenvalue weighted by Gasteiger charge is -2.13. The molecule has 1 heteroatoms. The molecule has 4 aromatic rings. The first-order valence-electron chi connectivity index (χ1n) is 10.3. The molecule has 1 aliphatic carbocycles. The molecule has 0 N–H and O–H groups in total. The maximum Gasteiger partial charge on any atom is 0.193 e. The van der Waals surface area contributed by atoms with Gasteiger partial charge in [0.2, 0.25) is 0 Å². The Morgan fingerprint density at radius 1 is 0.793 bits per heavy atom. The van der Waals surface area contributed by atoms with E-state index in [2.05, 4.69) is 61.5 Å². The predicted octanol–water partition coefficient (Wildman–Crippen LogP) is 7.28. The van der Waals surface area contributed by atoms with E-state index in [0.29, 0.717) is 0 Å². The second-order valence-corrected chi connectivity index (χ2v) is 7.54. The molecule has 0 aliphatic heterocycles. The first kappa shape index (κ1) is 17.6. The molecule has 0 saturated heterocycles. The van der Waals surface area contributed by atoms with Crippen LogP contribution in [0.2, 0.25) is 0 Å². The van der Waals surface area contributed by atoms with Crippen LogP contribution in [-0.4, -0.2) is 5.78 Å². The van der Waals surface area contributed by atoms with Crippen LogP contribution in [0.1, 0.15) is 46.8 Å². The molecule has 5 rings (SSSR count). The van der Waals surface area contributed by atoms with Gasteiger partial charge in [0.25, 0.3) is 0 Å². The van der Waals surface area contributed by atoms with Crippen molar-refractivity contribution in [2.24, 2.45) is 0 Å². The molecular weight excluding hydrogens is 352 g/mol. The van der Waals surface area contributed by atoms with Gasteiger partial charge in [0.05, 0.1) is 0 Å². The zero-order valence-electron chi connectivity index (χ0n) is 16.5. The van der Waals surface area contributed by atoms with E-state index >= 15 is 0 Å². The van der Waals surface area contributed by atoms with Crippen LogP contribution in [0.4, 0.5) is 0 Å². The summed E-state index contributed by atoms with van der Waals surface area (Å²) in [7, 11) is 0. The highest BCUT2D eigenvalue weighted by atomic mass is 16.1. The van der Waals surface area contributed by atoms with Crippen LogP contribution in [0.25, 0.3) is 27.5 Å². The molecule has 0 atom stereocenters. The van der Waals surface area contributed by atoms with Crippen molar-refractivity contribution in [3.05, 3.63) is 113 Å². The average Bonchev–Trinajstić information content (AvgIpc) is 3.12. The quantitative estimate of drug-likeness (QED) is 0.302. The van der Waals surface area contributed by atoms with Gasteiger partial charge < -0.3 is 0 Å². The van der Waals surface area contributed by atoms with Crippen LogP contribution in [0.3, 0.4) is 0 Å². The highest BCUT2D eigenvalue weighted by Crippen LogP contribution is 2.49. The molecule has 0 saturated carbocycles. The van der Waals surface area contributed by atoms with Gasteiger partial charge in [-0.15, -0.1) is 0 Å². The summed E-state index contributed by atoms with van der Waals surface area (Å²) in [6.45, 7) is 2.20. The number of ketones is 1. The molecule has 0 amide bonds. The van der Waals surface area contributed by atoms with Crippen LogP contribution in [0.5, 0.6) is 0 Å². The summed E-state index contributed by atoms with van der Waals surface area (Å²) in [4.78, 5) is 13.6. The van der Waals surface area contributed by atoms with Crippen molar-refractivity contribution in [3.8, 4) is 11.1 Å². The number of unbranched alkanes of at least 4 members (excludes halogenated alkanes) is 1. The van der Waals surface area contributed by atoms with Gasteiger partial charge >= 0.3 is 0 Å². The van der Waals surface area contributed by atoms with E-state index in [9.17, 15) is 4.79 Å². The number of carbonyl (C=O) groups is 1. The Morgan fingerprint density at radius 3 is 2.28 bits per heavy atom. The van der Waals surface area contributed by atoms with Crippen molar-refractivity contribution in [2.45, 2.75) is 19.8 Å².